The molecular weight excluding hydrogens is 150 g/mol. The van der Waals surface area contributed by atoms with E-state index in [9.17, 15) is 0 Å². The van der Waals surface area contributed by atoms with Gasteiger partial charge in [-0.3, -0.25) is 0 Å². The van der Waals surface area contributed by atoms with E-state index in [2.05, 4.69) is 12.2 Å². The summed E-state index contributed by atoms with van der Waals surface area (Å²) in [5, 5.41) is 12.8. The van der Waals surface area contributed by atoms with Crippen molar-refractivity contribution in [3.63, 3.8) is 0 Å². The Morgan fingerprint density at radius 3 is 2.50 bits per heavy atom. The highest BCUT2D eigenvalue weighted by atomic mass is 16.3. The van der Waals surface area contributed by atoms with Gasteiger partial charge in [-0.05, 0) is 31.6 Å². The molecule has 2 atom stereocenters. The Morgan fingerprint density at radius 1 is 1.25 bits per heavy atom. The molecule has 2 rings (SSSR count). The normalized spacial score (nSPS) is 47.5. The third-order valence-corrected chi connectivity index (χ3v) is 3.42. The predicted octanol–water partition coefficient (Wildman–Crippen LogP) is 1.29. The molecule has 0 aromatic carbocycles. The van der Waals surface area contributed by atoms with Crippen LogP contribution in [-0.2, 0) is 0 Å². The summed E-state index contributed by atoms with van der Waals surface area (Å²) in [7, 11) is 0. The van der Waals surface area contributed by atoms with Crippen molar-refractivity contribution in [2.24, 2.45) is 5.92 Å². The molecule has 0 bridgehead atoms. The SMILES string of the molecule is CC1CCCC1NC1CC(O)C1. The smallest absolute Gasteiger partial charge is 0.0570 e. The quantitative estimate of drug-likeness (QED) is 0.653. The van der Waals surface area contributed by atoms with E-state index in [4.69, 9.17) is 5.11 Å². The number of hydrogen-bond acceptors (Lipinski definition) is 2. The summed E-state index contributed by atoms with van der Waals surface area (Å²) in [6, 6.07) is 1.35. The van der Waals surface area contributed by atoms with Crippen molar-refractivity contribution in [3.05, 3.63) is 0 Å². The molecule has 12 heavy (non-hydrogen) atoms. The van der Waals surface area contributed by atoms with Crippen molar-refractivity contribution in [2.75, 3.05) is 0 Å². The Labute approximate surface area is 74.4 Å². The molecule has 0 aromatic rings. The van der Waals surface area contributed by atoms with E-state index in [0.717, 1.165) is 24.8 Å². The first kappa shape index (κ1) is 8.52. The first-order valence-electron chi connectivity index (χ1n) is 5.20. The Hall–Kier alpha value is -0.0800. The third kappa shape index (κ3) is 1.64. The van der Waals surface area contributed by atoms with Crippen LogP contribution < -0.4 is 5.32 Å². The summed E-state index contributed by atoms with van der Waals surface area (Å²) < 4.78 is 0. The fraction of sp³-hybridized carbons (Fsp3) is 1.00. The van der Waals surface area contributed by atoms with E-state index in [0.29, 0.717) is 6.04 Å². The molecule has 2 unspecified atom stereocenters. The van der Waals surface area contributed by atoms with Gasteiger partial charge in [-0.25, -0.2) is 0 Å². The molecule has 70 valence electrons. The van der Waals surface area contributed by atoms with Gasteiger partial charge >= 0.3 is 0 Å². The maximum Gasteiger partial charge on any atom is 0.0570 e. The highest BCUT2D eigenvalue weighted by Gasteiger charge is 2.32. The topological polar surface area (TPSA) is 32.3 Å². The molecule has 0 saturated heterocycles. The minimum Gasteiger partial charge on any atom is -0.393 e. The Balaban J connectivity index is 1.72. The maximum atomic E-state index is 9.12. The number of aliphatic hydroxyl groups excluding tert-OH is 1. The van der Waals surface area contributed by atoms with E-state index >= 15 is 0 Å². The molecule has 0 heterocycles. The van der Waals surface area contributed by atoms with Gasteiger partial charge in [0.25, 0.3) is 0 Å². The third-order valence-electron chi connectivity index (χ3n) is 3.42. The van der Waals surface area contributed by atoms with Crippen LogP contribution in [0.15, 0.2) is 0 Å². The van der Waals surface area contributed by atoms with Gasteiger partial charge in [0.05, 0.1) is 6.10 Å². The lowest BCUT2D eigenvalue weighted by Gasteiger charge is -2.35. The molecule has 0 aliphatic heterocycles. The summed E-state index contributed by atoms with van der Waals surface area (Å²) in [4.78, 5) is 0. The molecule has 2 aliphatic rings. The van der Waals surface area contributed by atoms with Gasteiger partial charge in [-0.15, -0.1) is 0 Å². The second kappa shape index (κ2) is 3.35. The van der Waals surface area contributed by atoms with Crippen LogP contribution in [0.25, 0.3) is 0 Å². The first-order valence-corrected chi connectivity index (χ1v) is 5.20. The minimum absolute atomic E-state index is 0.0146. The van der Waals surface area contributed by atoms with Crippen LogP contribution >= 0.6 is 0 Å². The van der Waals surface area contributed by atoms with Crippen LogP contribution in [0.2, 0.25) is 0 Å². The van der Waals surface area contributed by atoms with Gasteiger partial charge in [0, 0.05) is 12.1 Å². The molecular formula is C10H19NO. The van der Waals surface area contributed by atoms with Gasteiger partial charge in [-0.1, -0.05) is 13.3 Å². The standard InChI is InChI=1S/C10H19NO/c1-7-3-2-4-10(7)11-8-5-9(12)6-8/h7-12H,2-6H2,1H3. The second-order valence-electron chi connectivity index (χ2n) is 4.50. The van der Waals surface area contributed by atoms with Crippen molar-refractivity contribution < 1.29 is 5.11 Å². The number of rotatable bonds is 2. The highest BCUT2D eigenvalue weighted by Crippen LogP contribution is 2.28. The lowest BCUT2D eigenvalue weighted by molar-refractivity contribution is 0.0558. The zero-order valence-electron chi connectivity index (χ0n) is 7.79. The largest absolute Gasteiger partial charge is 0.393 e. The predicted molar refractivity (Wildman–Crippen MR) is 49.0 cm³/mol. The van der Waals surface area contributed by atoms with Gasteiger partial charge in [-0.2, -0.15) is 0 Å². The van der Waals surface area contributed by atoms with Gasteiger partial charge in [0.2, 0.25) is 0 Å². The van der Waals surface area contributed by atoms with Crippen molar-refractivity contribution >= 4 is 0 Å². The average molecular weight is 169 g/mol. The maximum absolute atomic E-state index is 9.12. The molecule has 2 nitrogen and oxygen atoms in total. The second-order valence-corrected chi connectivity index (χ2v) is 4.50. The molecule has 2 heteroatoms. The summed E-state index contributed by atoms with van der Waals surface area (Å²) in [5.41, 5.74) is 0. The lowest BCUT2D eigenvalue weighted by Crippen LogP contribution is -2.49. The number of hydrogen-bond donors (Lipinski definition) is 2. The Bertz CT molecular complexity index is 154. The molecule has 2 aliphatic carbocycles. The van der Waals surface area contributed by atoms with Gasteiger partial charge < -0.3 is 10.4 Å². The van der Waals surface area contributed by atoms with Crippen LogP contribution in [-0.4, -0.2) is 23.3 Å². The van der Waals surface area contributed by atoms with Crippen molar-refractivity contribution in [1.29, 1.82) is 0 Å². The van der Waals surface area contributed by atoms with Crippen LogP contribution in [0.5, 0.6) is 0 Å². The minimum atomic E-state index is -0.0146. The summed E-state index contributed by atoms with van der Waals surface area (Å²) in [5.74, 6) is 0.850. The summed E-state index contributed by atoms with van der Waals surface area (Å²) in [6.45, 7) is 2.33. The van der Waals surface area contributed by atoms with Crippen LogP contribution in [0, 0.1) is 5.92 Å². The van der Waals surface area contributed by atoms with Crippen molar-refractivity contribution in [3.8, 4) is 0 Å². The Kier molecular flexibility index (Phi) is 2.37. The van der Waals surface area contributed by atoms with E-state index in [-0.39, 0.29) is 6.10 Å². The van der Waals surface area contributed by atoms with E-state index in [1.807, 2.05) is 0 Å². The van der Waals surface area contributed by atoms with Crippen molar-refractivity contribution in [2.45, 2.75) is 57.2 Å². The fourth-order valence-electron chi connectivity index (χ4n) is 2.42. The lowest BCUT2D eigenvalue weighted by atomic mass is 9.88. The molecule has 2 saturated carbocycles. The zero-order chi connectivity index (χ0) is 8.55. The van der Waals surface area contributed by atoms with Crippen LogP contribution in [0.1, 0.15) is 39.0 Å². The van der Waals surface area contributed by atoms with E-state index in [1.54, 1.807) is 0 Å². The molecule has 2 N–H and O–H groups in total. The summed E-state index contributed by atoms with van der Waals surface area (Å²) in [6.07, 6.45) is 6.04. The molecule has 0 radical (unpaired) electrons. The molecule has 0 aromatic heterocycles. The number of nitrogens with one attached hydrogen (secondary N) is 1. The van der Waals surface area contributed by atoms with Crippen LogP contribution in [0.4, 0.5) is 0 Å². The summed E-state index contributed by atoms with van der Waals surface area (Å²) >= 11 is 0. The fourth-order valence-corrected chi connectivity index (χ4v) is 2.42. The van der Waals surface area contributed by atoms with Gasteiger partial charge in [0.15, 0.2) is 0 Å². The average Bonchev–Trinajstić information content (AvgIpc) is 2.33. The Morgan fingerprint density at radius 2 is 2.00 bits per heavy atom. The zero-order valence-corrected chi connectivity index (χ0v) is 7.79. The highest BCUT2D eigenvalue weighted by molar-refractivity contribution is 4.90. The first-order chi connectivity index (χ1) is 5.75. The number of aliphatic hydroxyl groups is 1. The van der Waals surface area contributed by atoms with Crippen molar-refractivity contribution in [1.82, 2.24) is 5.32 Å². The molecule has 2 fully saturated rings. The van der Waals surface area contributed by atoms with E-state index in [1.165, 1.54) is 19.3 Å². The molecule has 0 amide bonds. The van der Waals surface area contributed by atoms with Gasteiger partial charge in [0.1, 0.15) is 0 Å². The van der Waals surface area contributed by atoms with Crippen LogP contribution in [0.3, 0.4) is 0 Å². The van der Waals surface area contributed by atoms with E-state index < -0.39 is 0 Å². The molecule has 0 spiro atoms. The monoisotopic (exact) mass is 169 g/mol.